The van der Waals surface area contributed by atoms with E-state index in [0.29, 0.717) is 48.3 Å². The lowest BCUT2D eigenvalue weighted by Gasteiger charge is -2.44. The Kier molecular flexibility index (Phi) is 6.82. The number of aromatic amines is 1. The molecule has 0 aliphatic heterocycles. The number of ether oxygens (including phenoxy) is 2. The average Bonchev–Trinajstić information content (AvgIpc) is 2.79. The normalized spacial score (nSPS) is 21.9. The van der Waals surface area contributed by atoms with Crippen molar-refractivity contribution in [3.05, 3.63) is 69.6 Å². The zero-order valence-corrected chi connectivity index (χ0v) is 19.4. The largest absolute Gasteiger partial charge is 0.573 e. The van der Waals surface area contributed by atoms with Gasteiger partial charge in [0.15, 0.2) is 0 Å². The summed E-state index contributed by atoms with van der Waals surface area (Å²) in [7, 11) is 0. The lowest BCUT2D eigenvalue weighted by Crippen LogP contribution is -2.48. The van der Waals surface area contributed by atoms with Crippen molar-refractivity contribution in [3.63, 3.8) is 0 Å². The van der Waals surface area contributed by atoms with Crippen molar-refractivity contribution < 1.29 is 22.6 Å². The molecular weight excluding hydrogens is 469 g/mol. The van der Waals surface area contributed by atoms with Crippen molar-refractivity contribution in [2.24, 2.45) is 5.73 Å². The maximum Gasteiger partial charge on any atom is 0.573 e. The van der Waals surface area contributed by atoms with Crippen LogP contribution < -0.4 is 20.8 Å². The number of alkyl halides is 3. The Labute approximate surface area is 200 Å². The zero-order valence-electron chi connectivity index (χ0n) is 18.6. The van der Waals surface area contributed by atoms with Crippen LogP contribution in [0, 0.1) is 0 Å². The highest BCUT2D eigenvalue weighted by molar-refractivity contribution is 6.32. The minimum absolute atomic E-state index is 0.135. The topological polar surface area (TPSA) is 77.3 Å². The Morgan fingerprint density at radius 1 is 1.21 bits per heavy atom. The second kappa shape index (κ2) is 9.50. The summed E-state index contributed by atoms with van der Waals surface area (Å²) in [4.78, 5) is 14.6. The summed E-state index contributed by atoms with van der Waals surface area (Å²) in [5.74, 6) is 0.251. The van der Waals surface area contributed by atoms with Crippen LogP contribution >= 0.6 is 11.6 Å². The van der Waals surface area contributed by atoms with E-state index in [1.54, 1.807) is 30.5 Å². The van der Waals surface area contributed by atoms with Crippen molar-refractivity contribution in [3.8, 4) is 11.5 Å². The molecule has 3 aromatic rings. The molecule has 0 saturated heterocycles. The third kappa shape index (κ3) is 5.03. The maximum atomic E-state index is 12.8. The van der Waals surface area contributed by atoms with Crippen LogP contribution in [0.1, 0.15) is 44.6 Å². The van der Waals surface area contributed by atoms with Crippen LogP contribution in [0.5, 0.6) is 11.5 Å². The fourth-order valence-electron chi connectivity index (χ4n) is 4.95. The average molecular weight is 495 g/mol. The van der Waals surface area contributed by atoms with Gasteiger partial charge in [0.1, 0.15) is 11.5 Å². The highest BCUT2D eigenvalue weighted by atomic mass is 35.5. The van der Waals surface area contributed by atoms with Gasteiger partial charge >= 0.3 is 6.36 Å². The number of hydrogen-bond donors (Lipinski definition) is 2. The lowest BCUT2D eigenvalue weighted by atomic mass is 9.64. The number of nitrogens with two attached hydrogens (primary N) is 1. The Hall–Kier alpha value is -2.71. The molecule has 4 rings (SSSR count). The smallest absolute Gasteiger partial charge is 0.489 e. The van der Waals surface area contributed by atoms with E-state index in [0.717, 1.165) is 10.9 Å². The van der Waals surface area contributed by atoms with E-state index in [-0.39, 0.29) is 23.5 Å². The summed E-state index contributed by atoms with van der Waals surface area (Å²) in [6.45, 7) is 1.97. The van der Waals surface area contributed by atoms with E-state index in [2.05, 4.69) is 9.72 Å². The molecule has 1 saturated carbocycles. The molecule has 182 valence electrons. The van der Waals surface area contributed by atoms with Crippen molar-refractivity contribution in [2.75, 3.05) is 0 Å². The third-order valence-corrected chi connectivity index (χ3v) is 7.03. The molecule has 9 heteroatoms. The van der Waals surface area contributed by atoms with E-state index in [1.165, 1.54) is 12.1 Å². The van der Waals surface area contributed by atoms with E-state index >= 15 is 0 Å². The summed E-state index contributed by atoms with van der Waals surface area (Å²) in [6, 6.07) is 11.0. The molecule has 0 bridgehead atoms. The number of halogens is 4. The lowest BCUT2D eigenvalue weighted by molar-refractivity contribution is -0.274. The van der Waals surface area contributed by atoms with Gasteiger partial charge in [-0.15, -0.1) is 13.2 Å². The first-order chi connectivity index (χ1) is 16.1. The Balaban J connectivity index is 1.55. The summed E-state index contributed by atoms with van der Waals surface area (Å²) in [5, 5.41) is 1.56. The van der Waals surface area contributed by atoms with Gasteiger partial charge in [-0.1, -0.05) is 30.7 Å². The summed E-state index contributed by atoms with van der Waals surface area (Å²) >= 11 is 6.39. The molecular formula is C25H26ClF3N2O3. The molecule has 0 amide bonds. The molecule has 1 unspecified atom stereocenters. The third-order valence-electron chi connectivity index (χ3n) is 6.74. The number of hydrogen-bond acceptors (Lipinski definition) is 4. The molecule has 3 N–H and O–H groups in total. The number of pyridine rings is 1. The summed E-state index contributed by atoms with van der Waals surface area (Å²) in [5.41, 5.74) is 6.56. The first-order valence-corrected chi connectivity index (χ1v) is 11.6. The minimum Gasteiger partial charge on any atom is -0.489 e. The molecule has 5 nitrogen and oxygen atoms in total. The quantitative estimate of drug-likeness (QED) is 0.435. The fraction of sp³-hybridized carbons (Fsp3) is 0.400. The standard InChI is InChI=1S/C25H26ClF3N2O3/c1-2-22(30)24(16-4-3-5-18(13-16)34-25(27,28)29)9-6-17(7-10-24)33-21-12-15-8-11-31-23(32)19(15)14-20(21)26/h3-5,8,11-14,17,22H,2,6-7,9-10,30H2,1H3,(H,31,32)/t17-,22?,24+. The van der Waals surface area contributed by atoms with Gasteiger partial charge in [0, 0.05) is 23.0 Å². The summed E-state index contributed by atoms with van der Waals surface area (Å²) in [6.07, 6.45) is -0.0394. The van der Waals surface area contributed by atoms with E-state index < -0.39 is 11.8 Å². The van der Waals surface area contributed by atoms with E-state index in [9.17, 15) is 18.0 Å². The second-order valence-corrected chi connectivity index (χ2v) is 9.15. The predicted octanol–water partition coefficient (Wildman–Crippen LogP) is 6.08. The van der Waals surface area contributed by atoms with Gasteiger partial charge in [-0.05, 0) is 73.4 Å². The fourth-order valence-corrected chi connectivity index (χ4v) is 5.16. The molecule has 1 aliphatic carbocycles. The molecule has 1 aliphatic rings. The first kappa shape index (κ1) is 24.4. The Morgan fingerprint density at radius 3 is 2.62 bits per heavy atom. The van der Waals surface area contributed by atoms with Gasteiger partial charge in [-0.25, -0.2) is 0 Å². The monoisotopic (exact) mass is 494 g/mol. The Morgan fingerprint density at radius 2 is 1.94 bits per heavy atom. The predicted molar refractivity (Wildman–Crippen MR) is 126 cm³/mol. The van der Waals surface area contributed by atoms with Gasteiger partial charge < -0.3 is 20.2 Å². The number of aromatic nitrogens is 1. The van der Waals surface area contributed by atoms with Crippen LogP contribution in [0.15, 0.2) is 53.5 Å². The van der Waals surface area contributed by atoms with E-state index in [1.807, 2.05) is 13.0 Å². The number of benzene rings is 2. The maximum absolute atomic E-state index is 12.8. The molecule has 0 spiro atoms. The molecule has 1 fully saturated rings. The van der Waals surface area contributed by atoms with E-state index in [4.69, 9.17) is 22.1 Å². The van der Waals surface area contributed by atoms with Crippen LogP contribution in [0.2, 0.25) is 5.02 Å². The molecule has 34 heavy (non-hydrogen) atoms. The van der Waals surface area contributed by atoms with Crippen molar-refractivity contribution in [1.29, 1.82) is 0 Å². The second-order valence-electron chi connectivity index (χ2n) is 8.74. The molecule has 0 radical (unpaired) electrons. The Bertz CT molecular complexity index is 1220. The van der Waals surface area contributed by atoms with Gasteiger partial charge in [-0.2, -0.15) is 0 Å². The highest BCUT2D eigenvalue weighted by Crippen LogP contribution is 2.45. The van der Waals surface area contributed by atoms with Crippen LogP contribution in [-0.2, 0) is 5.41 Å². The highest BCUT2D eigenvalue weighted by Gasteiger charge is 2.42. The number of rotatable bonds is 6. The molecule has 1 atom stereocenters. The molecule has 2 aromatic carbocycles. The van der Waals surface area contributed by atoms with Gasteiger partial charge in [0.2, 0.25) is 0 Å². The van der Waals surface area contributed by atoms with Gasteiger partial charge in [0.05, 0.1) is 11.1 Å². The number of H-pyrrole nitrogens is 1. The van der Waals surface area contributed by atoms with Gasteiger partial charge in [0.25, 0.3) is 5.56 Å². The van der Waals surface area contributed by atoms with Crippen molar-refractivity contribution >= 4 is 22.4 Å². The van der Waals surface area contributed by atoms with Crippen molar-refractivity contribution in [2.45, 2.75) is 63.0 Å². The van der Waals surface area contributed by atoms with Crippen LogP contribution in [0.4, 0.5) is 13.2 Å². The van der Waals surface area contributed by atoms with Crippen LogP contribution in [-0.4, -0.2) is 23.5 Å². The van der Waals surface area contributed by atoms with Crippen LogP contribution in [0.3, 0.4) is 0 Å². The molecule has 1 aromatic heterocycles. The minimum atomic E-state index is -4.76. The molecule has 1 heterocycles. The SMILES string of the molecule is CCC(N)[C@]1(c2cccc(OC(F)(F)F)c2)CC[C@H](Oc2cc3cc[nH]c(=O)c3cc2Cl)CC1. The zero-order chi connectivity index (χ0) is 24.5. The first-order valence-electron chi connectivity index (χ1n) is 11.2. The number of nitrogens with one attached hydrogen (secondary N) is 1. The van der Waals surface area contributed by atoms with Crippen LogP contribution in [0.25, 0.3) is 10.8 Å². The summed E-state index contributed by atoms with van der Waals surface area (Å²) < 4.78 is 48.6. The van der Waals surface area contributed by atoms with Gasteiger partial charge in [-0.3, -0.25) is 4.79 Å². The van der Waals surface area contributed by atoms with Crippen molar-refractivity contribution in [1.82, 2.24) is 4.98 Å². The number of fused-ring (bicyclic) bond motifs is 1.